The summed E-state index contributed by atoms with van der Waals surface area (Å²) in [5, 5.41) is 4.42. The number of thiazole rings is 1. The van der Waals surface area contributed by atoms with E-state index in [9.17, 15) is 0 Å². The first kappa shape index (κ1) is 15.8. The predicted molar refractivity (Wildman–Crippen MR) is 89.3 cm³/mol. The molecule has 0 amide bonds. The van der Waals surface area contributed by atoms with E-state index in [2.05, 4.69) is 48.2 Å². The van der Waals surface area contributed by atoms with Gasteiger partial charge >= 0.3 is 0 Å². The van der Waals surface area contributed by atoms with E-state index in [1.54, 1.807) is 18.4 Å². The minimum Gasteiger partial charge on any atom is -0.497 e. The standard InChI is InChI=1S/C16H23N3OS/c1-5-17-10-15-12(2)18-16(21-15)19(3)11-13-7-6-8-14(9-13)20-4/h6-9,17H,5,10-11H2,1-4H3. The van der Waals surface area contributed by atoms with Crippen molar-refractivity contribution >= 4 is 16.5 Å². The molecule has 21 heavy (non-hydrogen) atoms. The smallest absolute Gasteiger partial charge is 0.185 e. The van der Waals surface area contributed by atoms with E-state index in [-0.39, 0.29) is 0 Å². The molecule has 0 aliphatic carbocycles. The quantitative estimate of drug-likeness (QED) is 0.852. The maximum Gasteiger partial charge on any atom is 0.185 e. The maximum atomic E-state index is 5.27. The number of nitrogens with zero attached hydrogens (tertiary/aromatic N) is 2. The topological polar surface area (TPSA) is 37.4 Å². The van der Waals surface area contributed by atoms with Gasteiger partial charge in [-0.3, -0.25) is 0 Å². The lowest BCUT2D eigenvalue weighted by molar-refractivity contribution is 0.414. The summed E-state index contributed by atoms with van der Waals surface area (Å²) in [6.45, 7) is 6.89. The van der Waals surface area contributed by atoms with Crippen molar-refractivity contribution in [1.82, 2.24) is 10.3 Å². The van der Waals surface area contributed by atoms with Crippen molar-refractivity contribution in [3.8, 4) is 5.75 Å². The maximum absolute atomic E-state index is 5.27. The molecule has 1 N–H and O–H groups in total. The first-order valence-corrected chi connectivity index (χ1v) is 7.96. The number of ether oxygens (including phenoxy) is 1. The van der Waals surface area contributed by atoms with E-state index >= 15 is 0 Å². The molecular formula is C16H23N3OS. The van der Waals surface area contributed by atoms with Crippen molar-refractivity contribution in [2.24, 2.45) is 0 Å². The highest BCUT2D eigenvalue weighted by molar-refractivity contribution is 7.15. The monoisotopic (exact) mass is 305 g/mol. The van der Waals surface area contributed by atoms with Crippen LogP contribution in [0.5, 0.6) is 5.75 Å². The Morgan fingerprint density at radius 3 is 2.90 bits per heavy atom. The van der Waals surface area contributed by atoms with Crippen molar-refractivity contribution in [2.75, 3.05) is 25.6 Å². The van der Waals surface area contributed by atoms with Crippen LogP contribution in [0.25, 0.3) is 0 Å². The van der Waals surface area contributed by atoms with Gasteiger partial charge in [0, 0.05) is 25.0 Å². The Balaban J connectivity index is 2.07. The van der Waals surface area contributed by atoms with Crippen LogP contribution in [-0.4, -0.2) is 25.7 Å². The van der Waals surface area contributed by atoms with Crippen LogP contribution in [0.15, 0.2) is 24.3 Å². The Hall–Kier alpha value is -1.59. The van der Waals surface area contributed by atoms with Gasteiger partial charge in [-0.15, -0.1) is 11.3 Å². The number of aryl methyl sites for hydroxylation is 1. The van der Waals surface area contributed by atoms with Gasteiger partial charge in [-0.1, -0.05) is 19.1 Å². The summed E-state index contributed by atoms with van der Waals surface area (Å²) in [4.78, 5) is 8.17. The molecule has 5 heteroatoms. The normalized spacial score (nSPS) is 10.7. The second-order valence-corrected chi connectivity index (χ2v) is 6.06. The summed E-state index contributed by atoms with van der Waals surface area (Å²) in [7, 11) is 3.77. The summed E-state index contributed by atoms with van der Waals surface area (Å²) in [5.74, 6) is 0.893. The van der Waals surface area contributed by atoms with Crippen LogP contribution >= 0.6 is 11.3 Å². The lowest BCUT2D eigenvalue weighted by Crippen LogP contribution is -2.16. The molecule has 2 rings (SSSR count). The second-order valence-electron chi connectivity index (χ2n) is 4.99. The van der Waals surface area contributed by atoms with Crippen molar-refractivity contribution in [3.63, 3.8) is 0 Å². The highest BCUT2D eigenvalue weighted by Crippen LogP contribution is 2.26. The zero-order chi connectivity index (χ0) is 15.2. The molecule has 0 saturated heterocycles. The fourth-order valence-corrected chi connectivity index (χ4v) is 3.08. The molecule has 0 saturated carbocycles. The summed E-state index contributed by atoms with van der Waals surface area (Å²) < 4.78 is 5.27. The highest BCUT2D eigenvalue weighted by atomic mass is 32.1. The van der Waals surface area contributed by atoms with Gasteiger partial charge in [-0.05, 0) is 31.2 Å². The molecule has 0 bridgehead atoms. The first-order valence-electron chi connectivity index (χ1n) is 7.15. The van der Waals surface area contributed by atoms with Crippen molar-refractivity contribution in [3.05, 3.63) is 40.4 Å². The number of hydrogen-bond acceptors (Lipinski definition) is 5. The van der Waals surface area contributed by atoms with E-state index in [1.807, 2.05) is 12.1 Å². The van der Waals surface area contributed by atoms with Gasteiger partial charge < -0.3 is 15.0 Å². The largest absolute Gasteiger partial charge is 0.497 e. The Kier molecular flexibility index (Phi) is 5.59. The SMILES string of the molecule is CCNCc1sc(N(C)Cc2cccc(OC)c2)nc1C. The number of hydrogen-bond donors (Lipinski definition) is 1. The van der Waals surface area contributed by atoms with E-state index in [4.69, 9.17) is 4.74 Å². The molecule has 0 unspecified atom stereocenters. The number of methoxy groups -OCH3 is 1. The Morgan fingerprint density at radius 1 is 1.38 bits per heavy atom. The number of aromatic nitrogens is 1. The van der Waals surface area contributed by atoms with E-state index < -0.39 is 0 Å². The van der Waals surface area contributed by atoms with E-state index in [1.165, 1.54) is 10.4 Å². The van der Waals surface area contributed by atoms with Gasteiger partial charge in [0.15, 0.2) is 5.13 Å². The third-order valence-electron chi connectivity index (χ3n) is 3.30. The van der Waals surface area contributed by atoms with E-state index in [0.29, 0.717) is 0 Å². The molecule has 0 atom stereocenters. The molecule has 1 heterocycles. The van der Waals surface area contributed by atoms with E-state index in [0.717, 1.165) is 36.2 Å². The van der Waals surface area contributed by atoms with Gasteiger partial charge in [-0.2, -0.15) is 0 Å². The average molecular weight is 305 g/mol. The molecule has 1 aromatic carbocycles. The number of anilines is 1. The average Bonchev–Trinajstić information content (AvgIpc) is 2.86. The van der Waals surface area contributed by atoms with Crippen LogP contribution in [0.3, 0.4) is 0 Å². The van der Waals surface area contributed by atoms with Crippen LogP contribution in [0.2, 0.25) is 0 Å². The summed E-state index contributed by atoms with van der Waals surface area (Å²) in [6, 6.07) is 8.16. The zero-order valence-corrected chi connectivity index (χ0v) is 14.0. The highest BCUT2D eigenvalue weighted by Gasteiger charge is 2.11. The van der Waals surface area contributed by atoms with Crippen LogP contribution in [0.4, 0.5) is 5.13 Å². The molecule has 0 radical (unpaired) electrons. The Labute approximate surface area is 130 Å². The summed E-state index contributed by atoms with van der Waals surface area (Å²) >= 11 is 1.76. The molecule has 2 aromatic rings. The molecule has 4 nitrogen and oxygen atoms in total. The molecule has 1 aromatic heterocycles. The Morgan fingerprint density at radius 2 is 2.19 bits per heavy atom. The fraction of sp³-hybridized carbons (Fsp3) is 0.438. The van der Waals surface area contributed by atoms with Gasteiger partial charge in [0.25, 0.3) is 0 Å². The third-order valence-corrected chi connectivity index (χ3v) is 4.57. The van der Waals surface area contributed by atoms with Crippen LogP contribution in [-0.2, 0) is 13.1 Å². The molecule has 114 valence electrons. The molecule has 0 fully saturated rings. The molecule has 0 aliphatic rings. The van der Waals surface area contributed by atoms with Gasteiger partial charge in [0.2, 0.25) is 0 Å². The first-order chi connectivity index (χ1) is 10.1. The van der Waals surface area contributed by atoms with Crippen molar-refractivity contribution < 1.29 is 4.74 Å². The predicted octanol–water partition coefficient (Wildman–Crippen LogP) is 3.21. The van der Waals surface area contributed by atoms with Gasteiger partial charge in [-0.25, -0.2) is 4.98 Å². The summed E-state index contributed by atoms with van der Waals surface area (Å²) in [5.41, 5.74) is 2.34. The molecular weight excluding hydrogens is 282 g/mol. The third kappa shape index (κ3) is 4.19. The fourth-order valence-electron chi connectivity index (χ4n) is 2.09. The zero-order valence-electron chi connectivity index (χ0n) is 13.1. The molecule has 0 aliphatic heterocycles. The minimum absolute atomic E-state index is 0.824. The Bertz CT molecular complexity index is 583. The molecule has 0 spiro atoms. The summed E-state index contributed by atoms with van der Waals surface area (Å²) in [6.07, 6.45) is 0. The van der Waals surface area contributed by atoms with Crippen molar-refractivity contribution in [2.45, 2.75) is 26.9 Å². The number of benzene rings is 1. The number of rotatable bonds is 7. The minimum atomic E-state index is 0.824. The lowest BCUT2D eigenvalue weighted by Gasteiger charge is -2.16. The number of nitrogens with one attached hydrogen (secondary N) is 1. The van der Waals surface area contributed by atoms with Crippen LogP contribution in [0, 0.1) is 6.92 Å². The van der Waals surface area contributed by atoms with Crippen molar-refractivity contribution in [1.29, 1.82) is 0 Å². The van der Waals surface area contributed by atoms with Crippen LogP contribution < -0.4 is 15.0 Å². The van der Waals surface area contributed by atoms with Gasteiger partial charge in [0.05, 0.1) is 12.8 Å². The second kappa shape index (κ2) is 7.43. The van der Waals surface area contributed by atoms with Crippen LogP contribution in [0.1, 0.15) is 23.1 Å². The lowest BCUT2D eigenvalue weighted by atomic mass is 10.2. The van der Waals surface area contributed by atoms with Gasteiger partial charge in [0.1, 0.15) is 5.75 Å².